The van der Waals surface area contributed by atoms with Gasteiger partial charge in [-0.15, -0.1) is 0 Å². The van der Waals surface area contributed by atoms with Gasteiger partial charge in [0.05, 0.1) is 6.10 Å². The van der Waals surface area contributed by atoms with Gasteiger partial charge in [0, 0.05) is 42.1 Å². The van der Waals surface area contributed by atoms with Gasteiger partial charge in [0.15, 0.2) is 0 Å². The van der Waals surface area contributed by atoms with Crippen molar-refractivity contribution in [3.8, 4) is 0 Å². The number of fused-ring (bicyclic) bond motifs is 2. The Kier molecular flexibility index (Phi) is 4.20. The van der Waals surface area contributed by atoms with Gasteiger partial charge in [0.25, 0.3) is 0 Å². The van der Waals surface area contributed by atoms with Crippen LogP contribution in [-0.4, -0.2) is 57.9 Å². The van der Waals surface area contributed by atoms with E-state index in [9.17, 15) is 15.0 Å². The fourth-order valence-electron chi connectivity index (χ4n) is 6.28. The molecule has 0 bridgehead atoms. The first-order valence-corrected chi connectivity index (χ1v) is 10.5. The Labute approximate surface area is 160 Å². The topological polar surface area (TPSA) is 72.6 Å². The molecule has 27 heavy (non-hydrogen) atoms. The lowest BCUT2D eigenvalue weighted by molar-refractivity contribution is 0.0247. The number of aldehydes is 1. The van der Waals surface area contributed by atoms with Crippen LogP contribution in [0.25, 0.3) is 0 Å². The average Bonchev–Trinajstić information content (AvgIpc) is 3.10. The van der Waals surface area contributed by atoms with Crippen LogP contribution in [0.4, 0.5) is 0 Å². The van der Waals surface area contributed by atoms with E-state index in [1.54, 1.807) is 0 Å². The molecule has 3 N–H and O–H groups in total. The average molecular weight is 370 g/mol. The predicted molar refractivity (Wildman–Crippen MR) is 102 cm³/mol. The minimum Gasteiger partial charge on any atom is -0.393 e. The van der Waals surface area contributed by atoms with Gasteiger partial charge in [-0.2, -0.15) is 0 Å². The molecule has 3 saturated heterocycles. The van der Waals surface area contributed by atoms with Crippen LogP contribution in [0.1, 0.15) is 60.9 Å². The summed E-state index contributed by atoms with van der Waals surface area (Å²) in [7, 11) is 0. The Hall–Kier alpha value is -1.27. The summed E-state index contributed by atoms with van der Waals surface area (Å²) in [4.78, 5) is 13.2. The van der Waals surface area contributed by atoms with Crippen LogP contribution in [0.15, 0.2) is 24.3 Å². The number of carbonyl (C=O) groups excluding carboxylic acids is 1. The van der Waals surface area contributed by atoms with Gasteiger partial charge < -0.3 is 15.5 Å². The monoisotopic (exact) mass is 370 g/mol. The first kappa shape index (κ1) is 17.8. The maximum atomic E-state index is 11.2. The van der Waals surface area contributed by atoms with Gasteiger partial charge in [-0.1, -0.05) is 31.2 Å². The van der Waals surface area contributed by atoms with Crippen molar-refractivity contribution >= 4 is 6.29 Å². The molecule has 1 saturated carbocycles. The predicted octanol–water partition coefficient (Wildman–Crippen LogP) is 1.89. The number of rotatable bonds is 4. The molecule has 0 radical (unpaired) electrons. The number of piperidine rings is 2. The molecule has 4 fully saturated rings. The highest BCUT2D eigenvalue weighted by atomic mass is 16.3. The Morgan fingerprint density at radius 1 is 1.19 bits per heavy atom. The van der Waals surface area contributed by atoms with Crippen molar-refractivity contribution in [1.29, 1.82) is 0 Å². The maximum Gasteiger partial charge on any atom is 0.150 e. The van der Waals surface area contributed by atoms with E-state index in [1.807, 2.05) is 24.3 Å². The van der Waals surface area contributed by atoms with Crippen molar-refractivity contribution < 1.29 is 15.0 Å². The number of carbonyl (C=O) groups is 1. The van der Waals surface area contributed by atoms with Gasteiger partial charge in [0.1, 0.15) is 12.0 Å². The Balaban J connectivity index is 1.30. The van der Waals surface area contributed by atoms with Crippen molar-refractivity contribution in [3.05, 3.63) is 35.4 Å². The van der Waals surface area contributed by atoms with Crippen LogP contribution < -0.4 is 5.32 Å². The smallest absolute Gasteiger partial charge is 0.150 e. The van der Waals surface area contributed by atoms with Crippen LogP contribution >= 0.6 is 0 Å². The Bertz CT molecular complexity index is 723. The van der Waals surface area contributed by atoms with Gasteiger partial charge in [-0.3, -0.25) is 9.69 Å². The molecule has 3 aliphatic heterocycles. The van der Waals surface area contributed by atoms with Gasteiger partial charge in [-0.25, -0.2) is 0 Å². The van der Waals surface area contributed by atoms with E-state index in [4.69, 9.17) is 0 Å². The van der Waals surface area contributed by atoms with Gasteiger partial charge in [-0.05, 0) is 43.6 Å². The molecule has 146 valence electrons. The molecule has 9 atom stereocenters. The molecule has 1 aromatic rings. The van der Waals surface area contributed by atoms with Crippen LogP contribution in [0.2, 0.25) is 0 Å². The molecule has 0 spiro atoms. The first-order valence-electron chi connectivity index (χ1n) is 10.5. The quantitative estimate of drug-likeness (QED) is 0.558. The van der Waals surface area contributed by atoms with Crippen molar-refractivity contribution in [1.82, 2.24) is 10.2 Å². The second-order valence-electron chi connectivity index (χ2n) is 9.25. The Morgan fingerprint density at radius 2 is 1.93 bits per heavy atom. The standard InChI is InChI=1S/C22H30N2O3/c1-13(15-4-2-14(11-25)3-5-15)20-10-17(22(27)12-24(20)22)19-7-6-16-18(23-19)8-9-21(16)26/h2-5,11,13,16-21,23,26-27H,6-10,12H2,1H3/t13-,16+,17+,18-,19-,20+,21+,22-,24?/m1/s1. The number of hydrogen-bond acceptors (Lipinski definition) is 5. The number of benzene rings is 1. The zero-order valence-electron chi connectivity index (χ0n) is 15.9. The minimum absolute atomic E-state index is 0.144. The molecule has 1 unspecified atom stereocenters. The normalized spacial score (nSPS) is 46.6. The van der Waals surface area contributed by atoms with E-state index in [0.717, 1.165) is 44.9 Å². The lowest BCUT2D eigenvalue weighted by Gasteiger charge is -2.39. The largest absolute Gasteiger partial charge is 0.393 e. The molecule has 5 nitrogen and oxygen atoms in total. The summed E-state index contributed by atoms with van der Waals surface area (Å²) < 4.78 is 0. The third kappa shape index (κ3) is 2.79. The third-order valence-electron chi connectivity index (χ3n) is 7.97. The highest BCUT2D eigenvalue weighted by Crippen LogP contribution is 2.55. The summed E-state index contributed by atoms with van der Waals surface area (Å²) in [5.74, 6) is 0.992. The lowest BCUT2D eigenvalue weighted by Crippen LogP contribution is -2.52. The molecular weight excluding hydrogens is 340 g/mol. The molecular formula is C22H30N2O3. The van der Waals surface area contributed by atoms with E-state index in [1.165, 1.54) is 5.56 Å². The molecule has 4 aliphatic rings. The summed E-state index contributed by atoms with van der Waals surface area (Å²) in [5, 5.41) is 25.2. The fraction of sp³-hybridized carbons (Fsp3) is 0.682. The number of nitrogens with one attached hydrogen (secondary N) is 1. The molecule has 0 aromatic heterocycles. The number of hydrogen-bond donors (Lipinski definition) is 3. The van der Waals surface area contributed by atoms with Crippen LogP contribution in [0.5, 0.6) is 0 Å². The van der Waals surface area contributed by atoms with E-state index in [-0.39, 0.29) is 12.0 Å². The lowest BCUT2D eigenvalue weighted by atomic mass is 9.78. The summed E-state index contributed by atoms with van der Waals surface area (Å²) in [6.07, 6.45) is 5.83. The van der Waals surface area contributed by atoms with Crippen LogP contribution in [-0.2, 0) is 0 Å². The van der Waals surface area contributed by atoms with Crippen LogP contribution in [0, 0.1) is 11.8 Å². The highest BCUT2D eigenvalue weighted by Gasteiger charge is 2.67. The molecule has 5 heteroatoms. The van der Waals surface area contributed by atoms with E-state index >= 15 is 0 Å². The summed E-state index contributed by atoms with van der Waals surface area (Å²) in [6, 6.07) is 8.97. The van der Waals surface area contributed by atoms with E-state index in [2.05, 4.69) is 17.1 Å². The number of aliphatic hydroxyl groups excluding tert-OH is 1. The maximum absolute atomic E-state index is 11.2. The Morgan fingerprint density at radius 3 is 2.67 bits per heavy atom. The second-order valence-corrected chi connectivity index (χ2v) is 9.25. The minimum atomic E-state index is -0.649. The van der Waals surface area contributed by atoms with E-state index < -0.39 is 5.72 Å². The van der Waals surface area contributed by atoms with Gasteiger partial charge >= 0.3 is 0 Å². The first-order chi connectivity index (χ1) is 13.0. The summed E-state index contributed by atoms with van der Waals surface area (Å²) in [5.41, 5.74) is 1.29. The molecule has 5 rings (SSSR count). The van der Waals surface area contributed by atoms with Crippen molar-refractivity contribution in [2.75, 3.05) is 6.54 Å². The summed E-state index contributed by atoms with van der Waals surface area (Å²) >= 11 is 0. The second kappa shape index (κ2) is 6.38. The van der Waals surface area contributed by atoms with Crippen LogP contribution in [0.3, 0.4) is 0 Å². The molecule has 3 heterocycles. The zero-order chi connectivity index (χ0) is 18.8. The van der Waals surface area contributed by atoms with Crippen molar-refractivity contribution in [2.24, 2.45) is 11.8 Å². The summed E-state index contributed by atoms with van der Waals surface area (Å²) in [6.45, 7) is 3.01. The highest BCUT2D eigenvalue weighted by molar-refractivity contribution is 5.74. The van der Waals surface area contributed by atoms with Crippen molar-refractivity contribution in [2.45, 2.75) is 74.9 Å². The van der Waals surface area contributed by atoms with E-state index in [0.29, 0.717) is 35.5 Å². The van der Waals surface area contributed by atoms with Gasteiger partial charge in [0.2, 0.25) is 0 Å². The van der Waals surface area contributed by atoms with Crippen molar-refractivity contribution in [3.63, 3.8) is 0 Å². The molecule has 0 amide bonds. The number of aliphatic hydroxyl groups is 2. The molecule has 1 aliphatic carbocycles. The molecule has 1 aromatic carbocycles. The SMILES string of the molecule is C[C@H](c1ccc(C=O)cc1)[C@@H]1C[C@@H]([C@H]2CC[C@@H]3[C@@H](O)CC[C@H]3N2)[C@]2(O)CN12. The number of nitrogens with zero attached hydrogens (tertiary/aromatic N) is 1. The zero-order valence-corrected chi connectivity index (χ0v) is 15.9. The fourth-order valence-corrected chi connectivity index (χ4v) is 6.28. The third-order valence-corrected chi connectivity index (χ3v) is 7.97.